The van der Waals surface area contributed by atoms with Gasteiger partial charge in [-0.1, -0.05) is 47.5 Å². The summed E-state index contributed by atoms with van der Waals surface area (Å²) in [6.45, 7) is 12.0. The van der Waals surface area contributed by atoms with Crippen LogP contribution in [-0.2, 0) is 0 Å². The molecule has 0 aromatic heterocycles. The molecule has 0 aliphatic heterocycles. The molecule has 0 heterocycles. The Morgan fingerprint density at radius 3 is 2.38 bits per heavy atom. The van der Waals surface area contributed by atoms with Gasteiger partial charge in [0.25, 0.3) is 0 Å². The van der Waals surface area contributed by atoms with Crippen LogP contribution in [0, 0.1) is 23.2 Å². The van der Waals surface area contributed by atoms with E-state index >= 15 is 0 Å². The Morgan fingerprint density at radius 2 is 1.92 bits per heavy atom. The van der Waals surface area contributed by atoms with Crippen LogP contribution in [0.3, 0.4) is 0 Å². The number of hydrogen-bond acceptors (Lipinski definition) is 0. The summed E-state index contributed by atoms with van der Waals surface area (Å²) in [6, 6.07) is 0. The molecular weight excluding hydrogens is 156 g/mol. The lowest BCUT2D eigenvalue weighted by atomic mass is 9.80. The quantitative estimate of drug-likeness (QED) is 0.587. The van der Waals surface area contributed by atoms with E-state index in [2.05, 4.69) is 34.6 Å². The Balaban J connectivity index is 2.40. The molecule has 0 bridgehead atoms. The van der Waals surface area contributed by atoms with E-state index in [-0.39, 0.29) is 0 Å². The van der Waals surface area contributed by atoms with Crippen LogP contribution in [0.2, 0.25) is 0 Å². The molecule has 78 valence electrons. The van der Waals surface area contributed by atoms with Gasteiger partial charge >= 0.3 is 0 Å². The van der Waals surface area contributed by atoms with Crippen LogP contribution >= 0.6 is 0 Å². The second kappa shape index (κ2) is 4.02. The summed E-state index contributed by atoms with van der Waals surface area (Å²) in [4.78, 5) is 0. The highest BCUT2D eigenvalue weighted by Crippen LogP contribution is 2.56. The standard InChI is InChI=1S/C13H26/c1-6-8-13(4,5)12-9-11(12)10(3)7-2/h10-12H,6-9H2,1-5H3. The van der Waals surface area contributed by atoms with E-state index in [0.717, 1.165) is 17.8 Å². The van der Waals surface area contributed by atoms with Gasteiger partial charge in [0, 0.05) is 0 Å². The zero-order valence-corrected chi connectivity index (χ0v) is 10.1. The summed E-state index contributed by atoms with van der Waals surface area (Å²) < 4.78 is 0. The van der Waals surface area contributed by atoms with Crippen molar-refractivity contribution in [2.45, 2.75) is 60.3 Å². The first-order valence-electron chi connectivity index (χ1n) is 6.03. The van der Waals surface area contributed by atoms with Crippen molar-refractivity contribution in [1.29, 1.82) is 0 Å². The highest BCUT2D eigenvalue weighted by Gasteiger charge is 2.48. The Hall–Kier alpha value is 0. The minimum atomic E-state index is 0.614. The third-order valence-electron chi connectivity index (χ3n) is 4.11. The maximum absolute atomic E-state index is 2.46. The molecule has 0 nitrogen and oxygen atoms in total. The summed E-state index contributed by atoms with van der Waals surface area (Å²) in [5.74, 6) is 3.04. The second-order valence-electron chi connectivity index (χ2n) is 5.63. The fraction of sp³-hybridized carbons (Fsp3) is 1.00. The van der Waals surface area contributed by atoms with Crippen LogP contribution in [0.4, 0.5) is 0 Å². The van der Waals surface area contributed by atoms with Crippen molar-refractivity contribution < 1.29 is 0 Å². The van der Waals surface area contributed by atoms with Crippen molar-refractivity contribution in [3.05, 3.63) is 0 Å². The third kappa shape index (κ3) is 2.48. The topological polar surface area (TPSA) is 0 Å². The molecule has 1 fully saturated rings. The van der Waals surface area contributed by atoms with Gasteiger partial charge in [0.2, 0.25) is 0 Å². The molecule has 1 saturated carbocycles. The summed E-state index contributed by atoms with van der Waals surface area (Å²) in [5, 5.41) is 0. The summed E-state index contributed by atoms with van der Waals surface area (Å²) in [6.07, 6.45) is 5.62. The second-order valence-corrected chi connectivity index (χ2v) is 5.63. The van der Waals surface area contributed by atoms with Crippen molar-refractivity contribution in [3.8, 4) is 0 Å². The van der Waals surface area contributed by atoms with Crippen LogP contribution in [0.5, 0.6) is 0 Å². The smallest absolute Gasteiger partial charge is 0.0323 e. The molecule has 13 heavy (non-hydrogen) atoms. The van der Waals surface area contributed by atoms with E-state index in [9.17, 15) is 0 Å². The first-order valence-corrected chi connectivity index (χ1v) is 6.03. The molecule has 1 rings (SSSR count). The van der Waals surface area contributed by atoms with Gasteiger partial charge in [-0.15, -0.1) is 0 Å². The van der Waals surface area contributed by atoms with Gasteiger partial charge in [0.15, 0.2) is 0 Å². The van der Waals surface area contributed by atoms with Crippen molar-refractivity contribution in [2.75, 3.05) is 0 Å². The maximum Gasteiger partial charge on any atom is -0.0323 e. The summed E-state index contributed by atoms with van der Waals surface area (Å²) in [7, 11) is 0. The Morgan fingerprint density at radius 1 is 1.31 bits per heavy atom. The molecule has 0 amide bonds. The van der Waals surface area contributed by atoms with Crippen LogP contribution in [-0.4, -0.2) is 0 Å². The normalized spacial score (nSPS) is 30.2. The molecule has 0 saturated heterocycles. The van der Waals surface area contributed by atoms with E-state index in [1.54, 1.807) is 0 Å². The van der Waals surface area contributed by atoms with E-state index in [1.165, 1.54) is 25.7 Å². The molecule has 0 spiro atoms. The van der Waals surface area contributed by atoms with Crippen LogP contribution in [0.1, 0.15) is 60.3 Å². The zero-order valence-electron chi connectivity index (χ0n) is 10.1. The number of hydrogen-bond donors (Lipinski definition) is 0. The fourth-order valence-corrected chi connectivity index (χ4v) is 2.87. The van der Waals surface area contributed by atoms with E-state index in [1.807, 2.05) is 0 Å². The molecule has 0 aromatic rings. The van der Waals surface area contributed by atoms with Crippen molar-refractivity contribution in [2.24, 2.45) is 23.2 Å². The van der Waals surface area contributed by atoms with Crippen LogP contribution in [0.15, 0.2) is 0 Å². The SMILES string of the molecule is CCCC(C)(C)C1CC1C(C)CC. The molecule has 1 aliphatic rings. The van der Waals surface area contributed by atoms with Gasteiger partial charge in [-0.25, -0.2) is 0 Å². The molecule has 0 heteroatoms. The van der Waals surface area contributed by atoms with Gasteiger partial charge < -0.3 is 0 Å². The third-order valence-corrected chi connectivity index (χ3v) is 4.11. The molecule has 3 atom stereocenters. The maximum atomic E-state index is 2.46. The predicted molar refractivity (Wildman–Crippen MR) is 59.7 cm³/mol. The molecular formula is C13H26. The van der Waals surface area contributed by atoms with Crippen molar-refractivity contribution >= 4 is 0 Å². The van der Waals surface area contributed by atoms with Crippen LogP contribution in [0.25, 0.3) is 0 Å². The molecule has 3 unspecified atom stereocenters. The van der Waals surface area contributed by atoms with E-state index in [0.29, 0.717) is 5.41 Å². The molecule has 0 aromatic carbocycles. The lowest BCUT2D eigenvalue weighted by Crippen LogP contribution is -2.16. The minimum Gasteiger partial charge on any atom is -0.0654 e. The Labute approximate surface area is 84.1 Å². The fourth-order valence-electron chi connectivity index (χ4n) is 2.87. The van der Waals surface area contributed by atoms with E-state index in [4.69, 9.17) is 0 Å². The average molecular weight is 182 g/mol. The van der Waals surface area contributed by atoms with Gasteiger partial charge in [-0.3, -0.25) is 0 Å². The average Bonchev–Trinajstić information content (AvgIpc) is 2.82. The minimum absolute atomic E-state index is 0.614. The van der Waals surface area contributed by atoms with Gasteiger partial charge in [-0.05, 0) is 36.0 Å². The Kier molecular flexibility index (Phi) is 3.43. The highest BCUT2D eigenvalue weighted by molar-refractivity contribution is 4.97. The lowest BCUT2D eigenvalue weighted by molar-refractivity contribution is 0.248. The van der Waals surface area contributed by atoms with Crippen molar-refractivity contribution in [1.82, 2.24) is 0 Å². The summed E-state index contributed by atoms with van der Waals surface area (Å²) in [5.41, 5.74) is 0.614. The number of rotatable bonds is 5. The van der Waals surface area contributed by atoms with E-state index < -0.39 is 0 Å². The zero-order chi connectivity index (χ0) is 10.1. The van der Waals surface area contributed by atoms with Gasteiger partial charge in [-0.2, -0.15) is 0 Å². The molecule has 0 N–H and O–H groups in total. The first-order chi connectivity index (χ1) is 6.03. The highest BCUT2D eigenvalue weighted by atomic mass is 14.5. The predicted octanol–water partition coefficient (Wildman–Crippen LogP) is 4.49. The lowest BCUT2D eigenvalue weighted by Gasteiger charge is -2.25. The monoisotopic (exact) mass is 182 g/mol. The Bertz CT molecular complexity index is 157. The van der Waals surface area contributed by atoms with Gasteiger partial charge in [0.05, 0.1) is 0 Å². The van der Waals surface area contributed by atoms with Crippen molar-refractivity contribution in [3.63, 3.8) is 0 Å². The van der Waals surface area contributed by atoms with Crippen LogP contribution < -0.4 is 0 Å². The molecule has 1 aliphatic carbocycles. The first kappa shape index (κ1) is 11.1. The molecule has 0 radical (unpaired) electrons. The van der Waals surface area contributed by atoms with Gasteiger partial charge in [0.1, 0.15) is 0 Å². The largest absolute Gasteiger partial charge is 0.0654 e. The summed E-state index contributed by atoms with van der Waals surface area (Å²) >= 11 is 0.